The predicted octanol–water partition coefficient (Wildman–Crippen LogP) is 2.46. The van der Waals surface area contributed by atoms with Crippen molar-refractivity contribution in [2.45, 2.75) is 6.61 Å². The van der Waals surface area contributed by atoms with Gasteiger partial charge in [0.25, 0.3) is 0 Å². The van der Waals surface area contributed by atoms with Crippen LogP contribution >= 0.6 is 0 Å². The molecule has 4 N–H and O–H groups in total. The molecule has 1 heterocycles. The van der Waals surface area contributed by atoms with Crippen LogP contribution in [-0.4, -0.2) is 39.6 Å². The summed E-state index contributed by atoms with van der Waals surface area (Å²) in [4.78, 5) is 10.6. The quantitative estimate of drug-likeness (QED) is 0.246. The number of benzene rings is 2. The summed E-state index contributed by atoms with van der Waals surface area (Å²) in [5.74, 6) is -0.164. The van der Waals surface area contributed by atoms with Gasteiger partial charge in [-0.15, -0.1) is 5.10 Å². The van der Waals surface area contributed by atoms with E-state index >= 15 is 0 Å². The van der Waals surface area contributed by atoms with Crippen LogP contribution in [0.25, 0.3) is 0 Å². The van der Waals surface area contributed by atoms with Gasteiger partial charge in [0.1, 0.15) is 18.6 Å². The normalized spacial score (nSPS) is 10.5. The molecule has 0 radical (unpaired) electrons. The molecular formula is C21H20N2O8V. The van der Waals surface area contributed by atoms with Gasteiger partial charge in [-0.3, -0.25) is 4.79 Å². The second-order valence-corrected chi connectivity index (χ2v) is 5.69. The summed E-state index contributed by atoms with van der Waals surface area (Å²) in [7, 11) is 1.47. The molecule has 3 aromatic rings. The molecule has 0 saturated heterocycles. The zero-order chi connectivity index (χ0) is 23.9. The van der Waals surface area contributed by atoms with Crippen molar-refractivity contribution in [2.24, 2.45) is 10.2 Å². The first kappa shape index (κ1) is 26.3. The van der Waals surface area contributed by atoms with Crippen LogP contribution in [0.3, 0.4) is 0 Å². The molecule has 0 unspecified atom stereocenters. The third-order valence-electron chi connectivity index (χ3n) is 3.65. The van der Waals surface area contributed by atoms with Crippen LogP contribution < -0.4 is 10.2 Å². The average Bonchev–Trinajstić information content (AvgIpc) is 2.84. The van der Waals surface area contributed by atoms with Crippen molar-refractivity contribution in [3.63, 3.8) is 0 Å². The molecule has 2 aromatic carbocycles. The number of nitrogens with zero attached hydrogens (tertiary/aromatic N) is 2. The molecule has 3 rings (SSSR count). The molecule has 11 heteroatoms. The number of hydrogen-bond donors (Lipinski definition) is 4. The van der Waals surface area contributed by atoms with E-state index in [-0.39, 0.29) is 24.0 Å². The Kier molecular flexibility index (Phi) is 11.8. The van der Waals surface area contributed by atoms with Crippen LogP contribution in [0.4, 0.5) is 0 Å². The molecule has 0 aliphatic rings. The zero-order valence-corrected chi connectivity index (χ0v) is 18.2. The number of ether oxygens (including phenoxy) is 1. The molecular weight excluding hydrogens is 459 g/mol. The molecule has 1 aromatic heterocycles. The number of rotatable bonds is 5. The zero-order valence-electron chi connectivity index (χ0n) is 16.8. The Hall–Kier alpha value is -3.73. The van der Waals surface area contributed by atoms with Gasteiger partial charge in [0.05, 0.1) is 13.3 Å². The topological polar surface area (TPSA) is 162 Å². The summed E-state index contributed by atoms with van der Waals surface area (Å²) in [5.41, 5.74) is 0.476. The van der Waals surface area contributed by atoms with E-state index in [2.05, 4.69) is 14.6 Å². The van der Waals surface area contributed by atoms with Crippen molar-refractivity contribution < 1.29 is 50.6 Å². The summed E-state index contributed by atoms with van der Waals surface area (Å²) in [5, 5.41) is 44.1. The number of aliphatic hydroxyl groups is 2. The number of aliphatic hydroxyl groups excluding tert-OH is 2. The Labute approximate surface area is 192 Å². The van der Waals surface area contributed by atoms with Gasteiger partial charge in [0.2, 0.25) is 11.3 Å². The second kappa shape index (κ2) is 14.3. The molecule has 167 valence electrons. The minimum absolute atomic E-state index is 0.0202. The van der Waals surface area contributed by atoms with E-state index in [0.29, 0.717) is 16.9 Å². The van der Waals surface area contributed by atoms with Crippen molar-refractivity contribution in [2.75, 3.05) is 7.11 Å². The summed E-state index contributed by atoms with van der Waals surface area (Å²) in [6, 6.07) is 14.9. The maximum atomic E-state index is 10.6. The Morgan fingerprint density at radius 3 is 2.41 bits per heavy atom. The van der Waals surface area contributed by atoms with E-state index < -0.39 is 11.2 Å². The van der Waals surface area contributed by atoms with E-state index in [0.717, 1.165) is 29.7 Å². The number of hydrogen-bond acceptors (Lipinski definition) is 9. The Bertz CT molecular complexity index is 1100. The van der Waals surface area contributed by atoms with Gasteiger partial charge in [-0.1, -0.05) is 24.3 Å². The fourth-order valence-electron chi connectivity index (χ4n) is 2.13. The van der Waals surface area contributed by atoms with Crippen LogP contribution in [0.5, 0.6) is 17.2 Å². The van der Waals surface area contributed by atoms with E-state index in [1.54, 1.807) is 42.5 Å². The molecule has 0 atom stereocenters. The monoisotopic (exact) mass is 479 g/mol. The molecule has 0 aliphatic heterocycles. The number of phenols is 1. The van der Waals surface area contributed by atoms with Crippen LogP contribution in [-0.2, 0) is 27.6 Å². The summed E-state index contributed by atoms with van der Waals surface area (Å²) in [6.07, 6.45) is 2.24. The van der Waals surface area contributed by atoms with Gasteiger partial charge in [0.15, 0.2) is 17.2 Å². The van der Waals surface area contributed by atoms with Crippen LogP contribution in [0, 0.1) is 0 Å². The van der Waals surface area contributed by atoms with Gasteiger partial charge < -0.3 is 29.6 Å². The van der Waals surface area contributed by atoms with Crippen LogP contribution in [0.2, 0.25) is 0 Å². The number of methoxy groups -OCH3 is 1. The van der Waals surface area contributed by atoms with E-state index in [4.69, 9.17) is 18.6 Å². The van der Waals surface area contributed by atoms with Gasteiger partial charge in [-0.2, -0.15) is 5.10 Å². The fraction of sp³-hybridized carbons (Fsp3) is 0.0952. The van der Waals surface area contributed by atoms with Crippen LogP contribution in [0.15, 0.2) is 80.3 Å². The Morgan fingerprint density at radius 2 is 1.81 bits per heavy atom. The molecule has 0 bridgehead atoms. The van der Waals surface area contributed by atoms with Gasteiger partial charge in [-0.05, 0) is 24.3 Å². The SMILES string of the molecule is COc1cccc(/C=N/N=C(\O)c2ccccc2)c1O.O=c1cc(CO)occ1O.[O]=[V]. The Balaban J connectivity index is 0.000000358. The van der Waals surface area contributed by atoms with E-state index in [9.17, 15) is 15.0 Å². The summed E-state index contributed by atoms with van der Waals surface area (Å²) >= 11 is 1.06. The molecule has 10 nitrogen and oxygen atoms in total. The molecule has 0 fully saturated rings. The first-order valence-corrected chi connectivity index (χ1v) is 9.34. The number of para-hydroxylation sites is 1. The maximum absolute atomic E-state index is 10.6. The third-order valence-corrected chi connectivity index (χ3v) is 3.65. The molecule has 0 amide bonds. The van der Waals surface area contributed by atoms with Crippen LogP contribution in [0.1, 0.15) is 16.9 Å². The van der Waals surface area contributed by atoms with Gasteiger partial charge in [-0.25, -0.2) is 0 Å². The number of aromatic hydroxyl groups is 2. The molecule has 0 aliphatic carbocycles. The third kappa shape index (κ3) is 8.19. The average molecular weight is 479 g/mol. The first-order chi connectivity index (χ1) is 15.5. The van der Waals surface area contributed by atoms with E-state index in [1.165, 1.54) is 13.3 Å². The van der Waals surface area contributed by atoms with Gasteiger partial charge >= 0.3 is 21.0 Å². The number of phenolic OH excluding ortho intramolecular Hbond substituents is 1. The van der Waals surface area contributed by atoms with E-state index in [1.807, 2.05) is 6.07 Å². The van der Waals surface area contributed by atoms with Crippen molar-refractivity contribution in [3.05, 3.63) is 88.0 Å². The molecule has 0 spiro atoms. The second-order valence-electron chi connectivity index (χ2n) is 5.69. The summed E-state index contributed by atoms with van der Waals surface area (Å²) in [6.45, 7) is -0.338. The Morgan fingerprint density at radius 1 is 1.12 bits per heavy atom. The van der Waals surface area contributed by atoms with Gasteiger partial charge in [0, 0.05) is 17.2 Å². The predicted molar refractivity (Wildman–Crippen MR) is 111 cm³/mol. The standard InChI is InChI=1S/C15H14N2O3.C6H6O4.O.V/c1-20-13-9-5-8-12(14(13)18)10-16-17-15(19)11-6-3-2-4-7-11;7-2-4-1-5(8)6(9)3-10-4;;/h2-10,18H,1H3,(H,17,19);1,3,7,9H,2H2;;/b16-10+;;;. The fourth-order valence-corrected chi connectivity index (χ4v) is 2.13. The summed E-state index contributed by atoms with van der Waals surface area (Å²) < 4.78 is 17.8. The van der Waals surface area contributed by atoms with Crippen molar-refractivity contribution in [3.8, 4) is 17.2 Å². The van der Waals surface area contributed by atoms with Crippen molar-refractivity contribution in [1.29, 1.82) is 0 Å². The minimum atomic E-state index is -0.546. The van der Waals surface area contributed by atoms with Crippen molar-refractivity contribution >= 4 is 12.1 Å². The molecule has 0 saturated carbocycles. The van der Waals surface area contributed by atoms with Crippen molar-refractivity contribution in [1.82, 2.24) is 0 Å². The molecule has 32 heavy (non-hydrogen) atoms. The first-order valence-electron chi connectivity index (χ1n) is 8.77.